The number of nitrogens with zero attached hydrogens (tertiary/aromatic N) is 1. The van der Waals surface area contributed by atoms with Crippen molar-refractivity contribution >= 4 is 5.69 Å². The van der Waals surface area contributed by atoms with Crippen molar-refractivity contribution in [2.75, 3.05) is 24.5 Å². The van der Waals surface area contributed by atoms with E-state index in [0.29, 0.717) is 19.5 Å². The Hall–Kier alpha value is -1.30. The van der Waals surface area contributed by atoms with Gasteiger partial charge in [0.25, 0.3) is 0 Å². The van der Waals surface area contributed by atoms with Gasteiger partial charge in [-0.2, -0.15) is 0 Å². The van der Waals surface area contributed by atoms with Crippen molar-refractivity contribution in [1.29, 1.82) is 0 Å². The summed E-state index contributed by atoms with van der Waals surface area (Å²) in [6.45, 7) is 5.63. The molecule has 118 valence electrons. The van der Waals surface area contributed by atoms with E-state index in [4.69, 9.17) is 0 Å². The Labute approximate surface area is 122 Å². The largest absolute Gasteiger partial charge is 0.366 e. The Morgan fingerprint density at radius 2 is 1.81 bits per heavy atom. The van der Waals surface area contributed by atoms with Gasteiger partial charge in [0.05, 0.1) is 0 Å². The molecule has 1 saturated heterocycles. The van der Waals surface area contributed by atoms with Crippen LogP contribution in [0.2, 0.25) is 0 Å². The number of benzene rings is 1. The molecule has 1 aromatic carbocycles. The van der Waals surface area contributed by atoms with Crippen LogP contribution in [0.5, 0.6) is 0 Å². The van der Waals surface area contributed by atoms with Crippen LogP contribution in [-0.2, 0) is 0 Å². The normalized spacial score (nSPS) is 22.7. The van der Waals surface area contributed by atoms with Gasteiger partial charge in [-0.25, -0.2) is 17.6 Å². The minimum absolute atomic E-state index is 0.135. The molecule has 1 aliphatic heterocycles. The second kappa shape index (κ2) is 6.64. The van der Waals surface area contributed by atoms with Gasteiger partial charge in [-0.05, 0) is 25.3 Å². The molecule has 0 radical (unpaired) electrons. The summed E-state index contributed by atoms with van der Waals surface area (Å²) in [5.74, 6) is -5.22. The van der Waals surface area contributed by atoms with Crippen LogP contribution in [0, 0.1) is 29.2 Å². The topological polar surface area (TPSA) is 15.3 Å². The fourth-order valence-corrected chi connectivity index (χ4v) is 2.82. The average molecular weight is 304 g/mol. The van der Waals surface area contributed by atoms with Gasteiger partial charge in [0, 0.05) is 25.2 Å². The van der Waals surface area contributed by atoms with E-state index in [9.17, 15) is 17.6 Å². The second-order valence-corrected chi connectivity index (χ2v) is 5.59. The number of rotatable bonds is 4. The molecule has 2 unspecified atom stereocenters. The highest BCUT2D eigenvalue weighted by atomic mass is 19.2. The van der Waals surface area contributed by atoms with Crippen molar-refractivity contribution in [2.45, 2.75) is 32.7 Å². The molecule has 2 atom stereocenters. The predicted molar refractivity (Wildman–Crippen MR) is 74.3 cm³/mol. The smallest absolute Gasteiger partial charge is 0.185 e. The van der Waals surface area contributed by atoms with Crippen molar-refractivity contribution in [1.82, 2.24) is 5.32 Å². The van der Waals surface area contributed by atoms with Crippen LogP contribution in [0.1, 0.15) is 26.7 Å². The maximum Gasteiger partial charge on any atom is 0.185 e. The quantitative estimate of drug-likeness (QED) is 0.677. The molecule has 6 heteroatoms. The Morgan fingerprint density at radius 1 is 1.19 bits per heavy atom. The van der Waals surface area contributed by atoms with Gasteiger partial charge in [0.1, 0.15) is 5.69 Å². The van der Waals surface area contributed by atoms with Crippen LogP contribution in [0.3, 0.4) is 0 Å². The number of halogens is 4. The SMILES string of the molecule is CCCNC1CCN(c2c(F)c(F)cc(F)c2F)CC1C. The Balaban J connectivity index is 2.18. The molecule has 2 rings (SSSR count). The lowest BCUT2D eigenvalue weighted by atomic mass is 9.93. The Morgan fingerprint density at radius 3 is 2.33 bits per heavy atom. The summed E-state index contributed by atoms with van der Waals surface area (Å²) in [6.07, 6.45) is 1.68. The number of nitrogens with one attached hydrogen (secondary N) is 1. The van der Waals surface area contributed by atoms with Gasteiger partial charge in [-0.15, -0.1) is 0 Å². The van der Waals surface area contributed by atoms with E-state index in [1.165, 1.54) is 4.90 Å². The molecule has 0 aliphatic carbocycles. The van der Waals surface area contributed by atoms with Crippen molar-refractivity contribution in [3.8, 4) is 0 Å². The van der Waals surface area contributed by atoms with Crippen LogP contribution >= 0.6 is 0 Å². The average Bonchev–Trinajstić information content (AvgIpc) is 2.44. The first kappa shape index (κ1) is 16.1. The van der Waals surface area contributed by atoms with Gasteiger partial charge >= 0.3 is 0 Å². The molecule has 0 saturated carbocycles. The lowest BCUT2D eigenvalue weighted by molar-refractivity contribution is 0.317. The third-order valence-electron chi connectivity index (χ3n) is 3.97. The summed E-state index contributed by atoms with van der Waals surface area (Å²) >= 11 is 0. The lowest BCUT2D eigenvalue weighted by Crippen LogP contribution is -2.49. The Kier molecular flexibility index (Phi) is 5.08. The summed E-state index contributed by atoms with van der Waals surface area (Å²) < 4.78 is 54.2. The van der Waals surface area contributed by atoms with Crippen LogP contribution in [0.4, 0.5) is 23.2 Å². The van der Waals surface area contributed by atoms with Crippen LogP contribution in [0.25, 0.3) is 0 Å². The van der Waals surface area contributed by atoms with Crippen molar-refractivity contribution < 1.29 is 17.6 Å². The molecule has 1 aromatic rings. The minimum atomic E-state index is -1.36. The van der Waals surface area contributed by atoms with Gasteiger partial charge in [0.15, 0.2) is 23.3 Å². The number of piperidine rings is 1. The fourth-order valence-electron chi connectivity index (χ4n) is 2.82. The van der Waals surface area contributed by atoms with Crippen molar-refractivity contribution in [3.05, 3.63) is 29.3 Å². The predicted octanol–water partition coefficient (Wildman–Crippen LogP) is 3.46. The molecule has 0 spiro atoms. The zero-order valence-corrected chi connectivity index (χ0v) is 12.2. The maximum atomic E-state index is 13.8. The van der Waals surface area contributed by atoms with Gasteiger partial charge in [0.2, 0.25) is 0 Å². The molecule has 0 aromatic heterocycles. The van der Waals surface area contributed by atoms with E-state index in [2.05, 4.69) is 12.2 Å². The first-order valence-electron chi connectivity index (χ1n) is 7.27. The van der Waals surface area contributed by atoms with E-state index in [0.717, 1.165) is 13.0 Å². The molecule has 1 N–H and O–H groups in total. The van der Waals surface area contributed by atoms with Crippen LogP contribution in [-0.4, -0.2) is 25.7 Å². The van der Waals surface area contributed by atoms with Gasteiger partial charge < -0.3 is 10.2 Å². The molecule has 1 heterocycles. The number of anilines is 1. The highest BCUT2D eigenvalue weighted by molar-refractivity contribution is 5.50. The van der Waals surface area contributed by atoms with Crippen LogP contribution in [0.15, 0.2) is 6.07 Å². The van der Waals surface area contributed by atoms with Gasteiger partial charge in [-0.3, -0.25) is 0 Å². The number of hydrogen-bond donors (Lipinski definition) is 1. The molecular formula is C15H20F4N2. The highest BCUT2D eigenvalue weighted by Gasteiger charge is 2.30. The third kappa shape index (κ3) is 3.31. The molecule has 21 heavy (non-hydrogen) atoms. The monoisotopic (exact) mass is 304 g/mol. The first-order chi connectivity index (χ1) is 9.95. The summed E-state index contributed by atoms with van der Waals surface area (Å²) in [5.41, 5.74) is -0.590. The molecule has 1 aliphatic rings. The first-order valence-corrected chi connectivity index (χ1v) is 7.27. The van der Waals surface area contributed by atoms with Crippen LogP contribution < -0.4 is 10.2 Å². The molecule has 0 bridgehead atoms. The molecule has 1 fully saturated rings. The molecule has 2 nitrogen and oxygen atoms in total. The maximum absolute atomic E-state index is 13.8. The van der Waals surface area contributed by atoms with E-state index in [1.807, 2.05) is 6.92 Å². The number of hydrogen-bond acceptors (Lipinski definition) is 2. The van der Waals surface area contributed by atoms with E-state index in [-0.39, 0.29) is 18.0 Å². The zero-order chi connectivity index (χ0) is 15.6. The minimum Gasteiger partial charge on any atom is -0.366 e. The van der Waals surface area contributed by atoms with E-state index in [1.54, 1.807) is 0 Å². The Bertz CT molecular complexity index is 481. The summed E-state index contributed by atoms with van der Waals surface area (Å²) in [4.78, 5) is 1.39. The van der Waals surface area contributed by atoms with Crippen molar-refractivity contribution in [2.24, 2.45) is 5.92 Å². The lowest BCUT2D eigenvalue weighted by Gasteiger charge is -2.39. The van der Waals surface area contributed by atoms with E-state index >= 15 is 0 Å². The third-order valence-corrected chi connectivity index (χ3v) is 3.97. The van der Waals surface area contributed by atoms with Gasteiger partial charge in [-0.1, -0.05) is 13.8 Å². The summed E-state index contributed by atoms with van der Waals surface area (Å²) in [5, 5.41) is 3.38. The second-order valence-electron chi connectivity index (χ2n) is 5.59. The standard InChI is InChI=1S/C15H20F4N2/c1-3-5-20-12-4-6-21(8-9(12)2)15-13(18)10(16)7-11(17)14(15)19/h7,9,12,20H,3-6,8H2,1-2H3. The van der Waals surface area contributed by atoms with Crippen molar-refractivity contribution in [3.63, 3.8) is 0 Å². The summed E-state index contributed by atoms with van der Waals surface area (Å²) in [6, 6.07) is 0.499. The van der Waals surface area contributed by atoms with E-state index < -0.39 is 29.0 Å². The molecule has 0 amide bonds. The summed E-state index contributed by atoms with van der Waals surface area (Å²) in [7, 11) is 0. The molecular weight excluding hydrogens is 284 g/mol. The zero-order valence-electron chi connectivity index (χ0n) is 12.2. The fraction of sp³-hybridized carbons (Fsp3) is 0.600. The highest BCUT2D eigenvalue weighted by Crippen LogP contribution is 2.31.